The Morgan fingerprint density at radius 2 is 2.00 bits per heavy atom. The van der Waals surface area contributed by atoms with Crippen molar-refractivity contribution >= 4 is 5.78 Å². The average molecular weight is 184 g/mol. The third kappa shape index (κ3) is 7.53. The van der Waals surface area contributed by atoms with E-state index in [9.17, 15) is 18.0 Å². The van der Waals surface area contributed by atoms with Gasteiger partial charge in [-0.3, -0.25) is 4.79 Å². The molecule has 0 amide bonds. The summed E-state index contributed by atoms with van der Waals surface area (Å²) in [6.07, 6.45) is -5.40. The minimum absolute atomic E-state index is 0.0622. The topological polar surface area (TPSA) is 26.3 Å². The van der Waals surface area contributed by atoms with E-state index in [4.69, 9.17) is 0 Å². The quantitative estimate of drug-likeness (QED) is 0.610. The van der Waals surface area contributed by atoms with Crippen molar-refractivity contribution in [1.82, 2.24) is 0 Å². The summed E-state index contributed by atoms with van der Waals surface area (Å²) in [5.74, 6) is -0.778. The van der Waals surface area contributed by atoms with Crippen LogP contribution in [0.2, 0.25) is 0 Å². The van der Waals surface area contributed by atoms with E-state index < -0.39 is 18.4 Å². The zero-order valence-corrected chi connectivity index (χ0v) is 6.78. The molecule has 0 unspecified atom stereocenters. The van der Waals surface area contributed by atoms with Crippen molar-refractivity contribution in [2.75, 3.05) is 13.7 Å². The van der Waals surface area contributed by atoms with Crippen molar-refractivity contribution in [2.45, 2.75) is 25.4 Å². The van der Waals surface area contributed by atoms with Crippen LogP contribution in [-0.4, -0.2) is 25.7 Å². The van der Waals surface area contributed by atoms with Gasteiger partial charge in [0.1, 0.15) is 12.2 Å². The number of methoxy groups -OCH3 is 1. The normalized spacial score (nSPS) is 11.7. The number of hydrogen-bond donors (Lipinski definition) is 0. The summed E-state index contributed by atoms with van der Waals surface area (Å²) in [5.41, 5.74) is 0. The lowest BCUT2D eigenvalue weighted by Gasteiger charge is -2.04. The lowest BCUT2D eigenvalue weighted by molar-refractivity contribution is -0.152. The van der Waals surface area contributed by atoms with Gasteiger partial charge in [-0.2, -0.15) is 13.2 Å². The van der Waals surface area contributed by atoms with E-state index in [0.717, 1.165) is 0 Å². The Morgan fingerprint density at radius 1 is 1.42 bits per heavy atom. The molecule has 0 aliphatic rings. The Morgan fingerprint density at radius 3 is 2.42 bits per heavy atom. The number of halogens is 3. The van der Waals surface area contributed by atoms with Gasteiger partial charge in [-0.05, 0) is 6.42 Å². The van der Waals surface area contributed by atoms with Crippen molar-refractivity contribution in [1.29, 1.82) is 0 Å². The van der Waals surface area contributed by atoms with Gasteiger partial charge in [0.05, 0.1) is 0 Å². The standard InChI is InChI=1S/C7H11F3O2/c1-12-4-2-3-6(11)5-7(8,9)10/h2-5H2,1H3. The molecule has 0 aromatic rings. The molecule has 0 spiro atoms. The van der Waals surface area contributed by atoms with Gasteiger partial charge in [0, 0.05) is 20.1 Å². The van der Waals surface area contributed by atoms with Crippen molar-refractivity contribution in [3.63, 3.8) is 0 Å². The fraction of sp³-hybridized carbons (Fsp3) is 0.857. The first kappa shape index (κ1) is 11.4. The molecule has 5 heteroatoms. The zero-order chi connectivity index (χ0) is 9.61. The molecule has 0 saturated carbocycles. The maximum absolute atomic E-state index is 11.6. The minimum Gasteiger partial charge on any atom is -0.385 e. The second kappa shape index (κ2) is 5.13. The number of Topliss-reactive ketones (excluding diaryl/α,β-unsaturated/α-hetero) is 1. The van der Waals surface area contributed by atoms with Crippen LogP contribution in [-0.2, 0) is 9.53 Å². The highest BCUT2D eigenvalue weighted by molar-refractivity contribution is 5.78. The molecule has 12 heavy (non-hydrogen) atoms. The van der Waals surface area contributed by atoms with Crippen LogP contribution in [0.15, 0.2) is 0 Å². The number of carbonyl (C=O) groups excluding carboxylic acids is 1. The first-order chi connectivity index (χ1) is 5.45. The van der Waals surface area contributed by atoms with Crippen LogP contribution in [0, 0.1) is 0 Å². The Balaban J connectivity index is 3.47. The summed E-state index contributed by atoms with van der Waals surface area (Å²) in [7, 11) is 1.44. The molecule has 0 aliphatic heterocycles. The van der Waals surface area contributed by atoms with Gasteiger partial charge in [0.25, 0.3) is 0 Å². The van der Waals surface area contributed by atoms with Crippen molar-refractivity contribution in [3.05, 3.63) is 0 Å². The molecule has 0 bridgehead atoms. The second-order valence-electron chi connectivity index (χ2n) is 2.43. The Bertz CT molecular complexity index is 142. The predicted octanol–water partition coefficient (Wildman–Crippen LogP) is 1.93. The molecule has 0 atom stereocenters. The second-order valence-corrected chi connectivity index (χ2v) is 2.43. The van der Waals surface area contributed by atoms with Gasteiger partial charge < -0.3 is 4.74 Å². The number of carbonyl (C=O) groups is 1. The van der Waals surface area contributed by atoms with Gasteiger partial charge >= 0.3 is 6.18 Å². The molecule has 0 N–H and O–H groups in total. The van der Waals surface area contributed by atoms with E-state index in [1.165, 1.54) is 7.11 Å². The van der Waals surface area contributed by atoms with Crippen LogP contribution in [0.1, 0.15) is 19.3 Å². The fourth-order valence-corrected chi connectivity index (χ4v) is 0.726. The monoisotopic (exact) mass is 184 g/mol. The van der Waals surface area contributed by atoms with Gasteiger partial charge in [0.15, 0.2) is 0 Å². The van der Waals surface area contributed by atoms with E-state index in [-0.39, 0.29) is 6.42 Å². The molecule has 0 rings (SSSR count). The highest BCUT2D eigenvalue weighted by Gasteiger charge is 2.30. The molecule has 72 valence electrons. The number of rotatable bonds is 5. The van der Waals surface area contributed by atoms with Gasteiger partial charge in [0.2, 0.25) is 0 Å². The third-order valence-corrected chi connectivity index (χ3v) is 1.20. The minimum atomic E-state index is -4.37. The summed E-state index contributed by atoms with van der Waals surface area (Å²) < 4.78 is 39.3. The lowest BCUT2D eigenvalue weighted by Crippen LogP contribution is -2.14. The smallest absolute Gasteiger partial charge is 0.385 e. The molecular weight excluding hydrogens is 173 g/mol. The molecule has 2 nitrogen and oxygen atoms in total. The van der Waals surface area contributed by atoms with Crippen LogP contribution >= 0.6 is 0 Å². The average Bonchev–Trinajstić information content (AvgIpc) is 1.84. The molecule has 0 heterocycles. The molecular formula is C7H11F3O2. The van der Waals surface area contributed by atoms with E-state index in [1.807, 2.05) is 0 Å². The van der Waals surface area contributed by atoms with Gasteiger partial charge in [-0.25, -0.2) is 0 Å². The van der Waals surface area contributed by atoms with Gasteiger partial charge in [-0.1, -0.05) is 0 Å². The molecule has 0 radical (unpaired) electrons. The Labute approximate surface area is 68.7 Å². The van der Waals surface area contributed by atoms with Crippen molar-refractivity contribution in [3.8, 4) is 0 Å². The molecule has 0 aromatic heterocycles. The highest BCUT2D eigenvalue weighted by atomic mass is 19.4. The molecule has 0 aromatic carbocycles. The van der Waals surface area contributed by atoms with Crippen molar-refractivity contribution < 1.29 is 22.7 Å². The number of ketones is 1. The fourth-order valence-electron chi connectivity index (χ4n) is 0.726. The molecule has 0 saturated heterocycles. The lowest BCUT2D eigenvalue weighted by atomic mass is 10.2. The summed E-state index contributed by atoms with van der Waals surface area (Å²) in [5, 5.41) is 0. The van der Waals surface area contributed by atoms with E-state index in [0.29, 0.717) is 13.0 Å². The maximum atomic E-state index is 11.6. The molecule has 0 aliphatic carbocycles. The first-order valence-electron chi connectivity index (χ1n) is 3.53. The van der Waals surface area contributed by atoms with Crippen LogP contribution in [0.3, 0.4) is 0 Å². The third-order valence-electron chi connectivity index (χ3n) is 1.20. The summed E-state index contributed by atoms with van der Waals surface area (Å²) >= 11 is 0. The maximum Gasteiger partial charge on any atom is 0.395 e. The summed E-state index contributed by atoms with van der Waals surface area (Å²) in [6.45, 7) is 0.323. The molecule has 0 fully saturated rings. The zero-order valence-electron chi connectivity index (χ0n) is 6.78. The number of hydrogen-bond acceptors (Lipinski definition) is 2. The van der Waals surface area contributed by atoms with Crippen molar-refractivity contribution in [2.24, 2.45) is 0 Å². The summed E-state index contributed by atoms with van der Waals surface area (Å²) in [4.78, 5) is 10.6. The Hall–Kier alpha value is -0.580. The highest BCUT2D eigenvalue weighted by Crippen LogP contribution is 2.20. The van der Waals surface area contributed by atoms with E-state index >= 15 is 0 Å². The van der Waals surface area contributed by atoms with Crippen LogP contribution in [0.25, 0.3) is 0 Å². The largest absolute Gasteiger partial charge is 0.395 e. The van der Waals surface area contributed by atoms with Crippen LogP contribution < -0.4 is 0 Å². The van der Waals surface area contributed by atoms with Crippen LogP contribution in [0.4, 0.5) is 13.2 Å². The summed E-state index contributed by atoms with van der Waals surface area (Å²) in [6, 6.07) is 0. The Kier molecular flexibility index (Phi) is 4.89. The number of alkyl halides is 3. The van der Waals surface area contributed by atoms with Crippen LogP contribution in [0.5, 0.6) is 0 Å². The number of ether oxygens (including phenoxy) is 1. The van der Waals surface area contributed by atoms with E-state index in [2.05, 4.69) is 4.74 Å². The predicted molar refractivity (Wildman–Crippen MR) is 36.8 cm³/mol. The first-order valence-corrected chi connectivity index (χ1v) is 3.53. The van der Waals surface area contributed by atoms with E-state index in [1.54, 1.807) is 0 Å². The van der Waals surface area contributed by atoms with Gasteiger partial charge in [-0.15, -0.1) is 0 Å². The SMILES string of the molecule is COCCCC(=O)CC(F)(F)F.